The molecule has 2 aromatic carbocycles. The number of benzene rings is 2. The summed E-state index contributed by atoms with van der Waals surface area (Å²) in [6, 6.07) is 8.05. The molecule has 0 radical (unpaired) electrons. The van der Waals surface area contributed by atoms with Gasteiger partial charge in [-0.15, -0.1) is 0 Å². The summed E-state index contributed by atoms with van der Waals surface area (Å²) in [6.07, 6.45) is 1.63. The molecule has 0 aliphatic carbocycles. The van der Waals surface area contributed by atoms with Crippen LogP contribution in [-0.4, -0.2) is 28.0 Å². The molecule has 0 spiro atoms. The Kier molecular flexibility index (Phi) is 4.08. The van der Waals surface area contributed by atoms with E-state index in [9.17, 15) is 13.2 Å². The molecule has 8 heteroatoms. The van der Waals surface area contributed by atoms with Gasteiger partial charge in [0, 0.05) is 18.0 Å². The summed E-state index contributed by atoms with van der Waals surface area (Å²) < 4.78 is 33.6. The Morgan fingerprint density at radius 2 is 1.85 bits per heavy atom. The van der Waals surface area contributed by atoms with Crippen molar-refractivity contribution in [3.8, 4) is 5.75 Å². The number of amides is 1. The minimum atomic E-state index is -3.82. The molecular formula is C18H17ClN2O4S. The van der Waals surface area contributed by atoms with Crippen LogP contribution in [0.5, 0.6) is 5.75 Å². The van der Waals surface area contributed by atoms with E-state index < -0.39 is 10.0 Å². The molecule has 1 amide bonds. The number of sulfonamides is 1. The predicted octanol–water partition coefficient (Wildman–Crippen LogP) is 2.98. The fraction of sp³-hybridized carbons (Fsp3) is 0.278. The Hall–Kier alpha value is -2.25. The van der Waals surface area contributed by atoms with Crippen molar-refractivity contribution < 1.29 is 17.9 Å². The van der Waals surface area contributed by atoms with E-state index in [-0.39, 0.29) is 16.5 Å². The summed E-state index contributed by atoms with van der Waals surface area (Å²) in [6.45, 7) is 0.611. The van der Waals surface area contributed by atoms with Crippen molar-refractivity contribution in [2.24, 2.45) is 0 Å². The molecule has 0 unspecified atom stereocenters. The van der Waals surface area contributed by atoms with Crippen LogP contribution >= 0.6 is 11.6 Å². The smallest absolute Gasteiger partial charge is 0.262 e. The fourth-order valence-electron chi connectivity index (χ4n) is 3.54. The van der Waals surface area contributed by atoms with E-state index in [2.05, 4.69) is 4.72 Å². The van der Waals surface area contributed by atoms with Crippen LogP contribution in [0.15, 0.2) is 35.2 Å². The van der Waals surface area contributed by atoms with Crippen LogP contribution in [0.1, 0.15) is 17.5 Å². The summed E-state index contributed by atoms with van der Waals surface area (Å²) in [5.41, 5.74) is 2.97. The lowest BCUT2D eigenvalue weighted by Gasteiger charge is -2.25. The van der Waals surface area contributed by atoms with Gasteiger partial charge in [0.2, 0.25) is 5.91 Å². The number of hydrogen-bond donors (Lipinski definition) is 1. The fourth-order valence-corrected chi connectivity index (χ4v) is 4.88. The highest BCUT2D eigenvalue weighted by Crippen LogP contribution is 2.39. The maximum Gasteiger partial charge on any atom is 0.262 e. The molecule has 0 saturated carbocycles. The Morgan fingerprint density at radius 3 is 2.58 bits per heavy atom. The average Bonchev–Trinajstić information content (AvgIpc) is 3.03. The van der Waals surface area contributed by atoms with Crippen LogP contribution in [0.4, 0.5) is 11.4 Å². The van der Waals surface area contributed by atoms with Crippen LogP contribution in [0.25, 0.3) is 0 Å². The van der Waals surface area contributed by atoms with E-state index in [0.29, 0.717) is 36.6 Å². The van der Waals surface area contributed by atoms with Gasteiger partial charge in [0.15, 0.2) is 0 Å². The Balaban J connectivity index is 1.74. The first-order chi connectivity index (χ1) is 12.4. The van der Waals surface area contributed by atoms with E-state index in [1.807, 2.05) is 0 Å². The Bertz CT molecular complexity index is 1020. The van der Waals surface area contributed by atoms with Gasteiger partial charge in [-0.3, -0.25) is 9.52 Å². The molecule has 2 aliphatic heterocycles. The maximum atomic E-state index is 12.9. The van der Waals surface area contributed by atoms with Crippen molar-refractivity contribution in [3.05, 3.63) is 46.5 Å². The van der Waals surface area contributed by atoms with Crippen LogP contribution in [0.2, 0.25) is 5.02 Å². The van der Waals surface area contributed by atoms with Crippen molar-refractivity contribution in [1.82, 2.24) is 0 Å². The lowest BCUT2D eigenvalue weighted by Crippen LogP contribution is -2.33. The topological polar surface area (TPSA) is 75.7 Å². The summed E-state index contributed by atoms with van der Waals surface area (Å²) in [5, 5.41) is 0.404. The van der Waals surface area contributed by atoms with E-state index in [1.165, 1.54) is 13.2 Å². The number of halogens is 1. The summed E-state index contributed by atoms with van der Waals surface area (Å²) in [5.74, 6) is 0.492. The number of carbonyl (C=O) groups excluding carboxylic acids is 1. The molecule has 2 aliphatic rings. The number of carbonyl (C=O) groups is 1. The number of anilines is 2. The highest BCUT2D eigenvalue weighted by atomic mass is 35.5. The summed E-state index contributed by atoms with van der Waals surface area (Å²) >= 11 is 5.98. The molecule has 0 bridgehead atoms. The second-order valence-corrected chi connectivity index (χ2v) is 8.45. The molecule has 26 heavy (non-hydrogen) atoms. The number of hydrogen-bond acceptors (Lipinski definition) is 4. The number of aryl methyl sites for hydroxylation is 1. The summed E-state index contributed by atoms with van der Waals surface area (Å²) in [4.78, 5) is 14.0. The molecule has 2 aromatic rings. The van der Waals surface area contributed by atoms with Crippen molar-refractivity contribution in [1.29, 1.82) is 0 Å². The van der Waals surface area contributed by atoms with Gasteiger partial charge >= 0.3 is 0 Å². The molecule has 136 valence electrons. The largest absolute Gasteiger partial charge is 0.495 e. The van der Waals surface area contributed by atoms with Gasteiger partial charge in [-0.25, -0.2) is 8.42 Å². The van der Waals surface area contributed by atoms with Crippen molar-refractivity contribution in [2.45, 2.75) is 24.2 Å². The zero-order chi connectivity index (χ0) is 18.5. The third kappa shape index (κ3) is 2.81. The number of ether oxygens (including phenoxy) is 1. The Labute approximate surface area is 156 Å². The van der Waals surface area contributed by atoms with E-state index in [0.717, 1.165) is 16.8 Å². The molecular weight excluding hydrogens is 376 g/mol. The molecule has 0 atom stereocenters. The van der Waals surface area contributed by atoms with E-state index in [4.69, 9.17) is 16.3 Å². The van der Waals surface area contributed by atoms with Gasteiger partial charge in [-0.05, 0) is 54.3 Å². The van der Waals surface area contributed by atoms with Crippen molar-refractivity contribution >= 4 is 38.9 Å². The molecule has 4 rings (SSSR count). The van der Waals surface area contributed by atoms with Gasteiger partial charge in [0.05, 0.1) is 23.4 Å². The maximum absolute atomic E-state index is 12.9. The van der Waals surface area contributed by atoms with Gasteiger partial charge in [0.1, 0.15) is 5.75 Å². The third-order valence-electron chi connectivity index (χ3n) is 4.74. The zero-order valence-corrected chi connectivity index (χ0v) is 15.7. The van der Waals surface area contributed by atoms with Gasteiger partial charge in [0.25, 0.3) is 10.0 Å². The number of methoxy groups -OCH3 is 1. The first kappa shape index (κ1) is 17.2. The molecule has 0 saturated heterocycles. The Morgan fingerprint density at radius 1 is 1.12 bits per heavy atom. The van der Waals surface area contributed by atoms with Crippen LogP contribution in [0.3, 0.4) is 0 Å². The predicted molar refractivity (Wildman–Crippen MR) is 99.6 cm³/mol. The molecule has 6 nitrogen and oxygen atoms in total. The highest BCUT2D eigenvalue weighted by molar-refractivity contribution is 7.92. The molecule has 0 aromatic heterocycles. The normalized spacial score (nSPS) is 15.8. The van der Waals surface area contributed by atoms with Gasteiger partial charge in [-0.1, -0.05) is 11.6 Å². The van der Waals surface area contributed by atoms with E-state index in [1.54, 1.807) is 29.2 Å². The van der Waals surface area contributed by atoms with Gasteiger partial charge < -0.3 is 9.64 Å². The van der Waals surface area contributed by atoms with Crippen LogP contribution < -0.4 is 14.4 Å². The second-order valence-electron chi connectivity index (χ2n) is 6.34. The molecule has 0 fully saturated rings. The lowest BCUT2D eigenvalue weighted by molar-refractivity contribution is -0.118. The number of nitrogens with zero attached hydrogens (tertiary/aromatic N) is 1. The lowest BCUT2D eigenvalue weighted by atomic mass is 10.00. The first-order valence-electron chi connectivity index (χ1n) is 8.21. The minimum Gasteiger partial charge on any atom is -0.495 e. The van der Waals surface area contributed by atoms with Crippen molar-refractivity contribution in [3.63, 3.8) is 0 Å². The quantitative estimate of drug-likeness (QED) is 0.867. The minimum absolute atomic E-state index is 0.105. The summed E-state index contributed by atoms with van der Waals surface area (Å²) in [7, 11) is -2.35. The molecule has 1 N–H and O–H groups in total. The first-order valence-corrected chi connectivity index (χ1v) is 10.1. The monoisotopic (exact) mass is 392 g/mol. The van der Waals surface area contributed by atoms with Crippen LogP contribution in [-0.2, 0) is 27.7 Å². The molecule has 2 heterocycles. The SMILES string of the molecule is COc1ccc(Cl)cc1NS(=O)(=O)c1cc2c3c(c1)CCN3C(=O)CC2. The zero-order valence-electron chi connectivity index (χ0n) is 14.1. The average molecular weight is 393 g/mol. The van der Waals surface area contributed by atoms with Gasteiger partial charge in [-0.2, -0.15) is 0 Å². The third-order valence-corrected chi connectivity index (χ3v) is 6.32. The second kappa shape index (κ2) is 6.17. The number of rotatable bonds is 4. The van der Waals surface area contributed by atoms with Crippen molar-refractivity contribution in [2.75, 3.05) is 23.3 Å². The number of nitrogens with one attached hydrogen (secondary N) is 1. The van der Waals surface area contributed by atoms with E-state index >= 15 is 0 Å². The standard InChI is InChI=1S/C18H17ClN2O4S/c1-25-16-4-3-13(19)10-15(16)20-26(23,24)14-8-11-2-5-17(22)21-7-6-12(9-14)18(11)21/h3-4,8-10,20H,2,5-7H2,1H3. The highest BCUT2D eigenvalue weighted by Gasteiger charge is 2.33. The van der Waals surface area contributed by atoms with Crippen LogP contribution in [0, 0.1) is 0 Å².